The third kappa shape index (κ3) is 3.67. The molecule has 0 aliphatic carbocycles. The highest BCUT2D eigenvalue weighted by Gasteiger charge is 2.33. The predicted octanol–water partition coefficient (Wildman–Crippen LogP) is 5.33. The summed E-state index contributed by atoms with van der Waals surface area (Å²) in [5.74, 6) is 0.607. The molecule has 2 nitrogen and oxygen atoms in total. The van der Waals surface area contributed by atoms with Crippen molar-refractivity contribution >= 4 is 33.2 Å². The molecule has 0 saturated carbocycles. The average Bonchev–Trinajstić information content (AvgIpc) is 2.72. The largest absolute Gasteiger partial charge is 0.452 e. The van der Waals surface area contributed by atoms with E-state index in [4.69, 9.17) is 16.0 Å². The van der Waals surface area contributed by atoms with E-state index in [1.165, 1.54) is 12.1 Å². The molecule has 1 aromatic heterocycles. The van der Waals surface area contributed by atoms with Crippen LogP contribution >= 0.6 is 27.5 Å². The Labute approximate surface area is 120 Å². The van der Waals surface area contributed by atoms with Crippen LogP contribution < -0.4 is 5.32 Å². The summed E-state index contributed by atoms with van der Waals surface area (Å²) in [6, 6.07) is 7.10. The molecule has 0 atom stereocenters. The summed E-state index contributed by atoms with van der Waals surface area (Å²) >= 11 is 8.67. The van der Waals surface area contributed by atoms with Crippen LogP contribution in [0.5, 0.6) is 0 Å². The first-order chi connectivity index (χ1) is 8.86. The fraction of sp³-hybridized carbons (Fsp3) is 0.167. The van der Waals surface area contributed by atoms with Gasteiger partial charge in [-0.1, -0.05) is 11.6 Å². The van der Waals surface area contributed by atoms with Crippen molar-refractivity contribution in [3.8, 4) is 0 Å². The lowest BCUT2D eigenvalue weighted by Gasteiger charge is -2.11. The highest BCUT2D eigenvalue weighted by Crippen LogP contribution is 2.36. The molecule has 2 aromatic rings. The molecule has 0 unspecified atom stereocenters. The molecule has 1 heterocycles. The zero-order chi connectivity index (χ0) is 14.0. The maximum atomic E-state index is 12.7. The number of halogens is 5. The van der Waals surface area contributed by atoms with Gasteiger partial charge in [0.2, 0.25) is 0 Å². The van der Waals surface area contributed by atoms with Gasteiger partial charge >= 0.3 is 6.18 Å². The first-order valence-corrected chi connectivity index (χ1v) is 6.38. The topological polar surface area (TPSA) is 25.2 Å². The van der Waals surface area contributed by atoms with E-state index < -0.39 is 11.7 Å². The van der Waals surface area contributed by atoms with Gasteiger partial charge in [0.15, 0.2) is 4.67 Å². The van der Waals surface area contributed by atoms with Crippen LogP contribution in [0.1, 0.15) is 11.3 Å². The second-order valence-corrected chi connectivity index (χ2v) is 4.94. The molecular weight excluding hydrogens is 346 g/mol. The lowest BCUT2D eigenvalue weighted by Crippen LogP contribution is -2.07. The highest BCUT2D eigenvalue weighted by atomic mass is 79.9. The van der Waals surface area contributed by atoms with Gasteiger partial charge in [0, 0.05) is 5.69 Å². The maximum Gasteiger partial charge on any atom is 0.417 e. The van der Waals surface area contributed by atoms with Gasteiger partial charge < -0.3 is 9.73 Å². The molecule has 0 radical (unpaired) electrons. The molecule has 7 heteroatoms. The van der Waals surface area contributed by atoms with Crippen LogP contribution in [0.2, 0.25) is 5.02 Å². The van der Waals surface area contributed by atoms with Crippen molar-refractivity contribution in [2.24, 2.45) is 0 Å². The summed E-state index contributed by atoms with van der Waals surface area (Å²) in [6.07, 6.45) is -4.47. The van der Waals surface area contributed by atoms with Crippen LogP contribution in [-0.2, 0) is 12.7 Å². The van der Waals surface area contributed by atoms with E-state index in [0.29, 0.717) is 16.1 Å². The van der Waals surface area contributed by atoms with Crippen LogP contribution in [0.15, 0.2) is 39.4 Å². The van der Waals surface area contributed by atoms with Gasteiger partial charge in [0.25, 0.3) is 0 Å². The van der Waals surface area contributed by atoms with E-state index in [1.807, 2.05) is 0 Å². The molecule has 19 heavy (non-hydrogen) atoms. The minimum absolute atomic E-state index is 0.282. The van der Waals surface area contributed by atoms with Gasteiger partial charge in [-0.15, -0.1) is 0 Å². The third-order valence-corrected chi connectivity index (χ3v) is 3.12. The molecule has 102 valence electrons. The van der Waals surface area contributed by atoms with Crippen molar-refractivity contribution in [2.45, 2.75) is 12.7 Å². The highest BCUT2D eigenvalue weighted by molar-refractivity contribution is 9.10. The number of furan rings is 1. The Morgan fingerprint density at radius 3 is 2.53 bits per heavy atom. The van der Waals surface area contributed by atoms with E-state index >= 15 is 0 Å². The molecule has 0 aliphatic heterocycles. The van der Waals surface area contributed by atoms with Gasteiger partial charge in [-0.25, -0.2) is 0 Å². The number of alkyl halides is 3. The van der Waals surface area contributed by atoms with Crippen molar-refractivity contribution < 1.29 is 17.6 Å². The summed E-state index contributed by atoms with van der Waals surface area (Å²) in [5, 5.41) is 2.52. The SMILES string of the molecule is FC(F)(F)c1cc(NCc2ccc(Br)o2)ccc1Cl. The van der Waals surface area contributed by atoms with Crippen molar-refractivity contribution in [2.75, 3.05) is 5.32 Å². The van der Waals surface area contributed by atoms with Crippen molar-refractivity contribution in [3.63, 3.8) is 0 Å². The molecule has 0 saturated heterocycles. The van der Waals surface area contributed by atoms with Crippen LogP contribution in [-0.4, -0.2) is 0 Å². The van der Waals surface area contributed by atoms with Crippen molar-refractivity contribution in [3.05, 3.63) is 51.3 Å². The van der Waals surface area contributed by atoms with Crippen LogP contribution in [0.25, 0.3) is 0 Å². The number of hydrogen-bond donors (Lipinski definition) is 1. The van der Waals surface area contributed by atoms with Gasteiger partial charge in [-0.05, 0) is 46.3 Å². The van der Waals surface area contributed by atoms with Gasteiger partial charge in [-0.3, -0.25) is 0 Å². The number of rotatable bonds is 3. The van der Waals surface area contributed by atoms with Crippen molar-refractivity contribution in [1.82, 2.24) is 0 Å². The number of anilines is 1. The molecule has 1 N–H and O–H groups in total. The summed E-state index contributed by atoms with van der Waals surface area (Å²) in [5.41, 5.74) is -0.538. The first-order valence-electron chi connectivity index (χ1n) is 5.21. The van der Waals surface area contributed by atoms with E-state index in [9.17, 15) is 13.2 Å². The normalized spacial score (nSPS) is 11.6. The zero-order valence-corrected chi connectivity index (χ0v) is 11.7. The number of nitrogens with one attached hydrogen (secondary N) is 1. The van der Waals surface area contributed by atoms with Gasteiger partial charge in [-0.2, -0.15) is 13.2 Å². The smallest absolute Gasteiger partial charge is 0.417 e. The molecule has 0 aliphatic rings. The Hall–Kier alpha value is -1.14. The Balaban J connectivity index is 2.13. The summed E-state index contributed by atoms with van der Waals surface area (Å²) in [7, 11) is 0. The van der Waals surface area contributed by atoms with Gasteiger partial charge in [0.05, 0.1) is 17.1 Å². The second kappa shape index (κ2) is 5.46. The van der Waals surface area contributed by atoms with E-state index in [1.54, 1.807) is 12.1 Å². The predicted molar refractivity (Wildman–Crippen MR) is 70.2 cm³/mol. The van der Waals surface area contributed by atoms with E-state index in [2.05, 4.69) is 21.2 Å². The minimum atomic E-state index is -4.47. The third-order valence-electron chi connectivity index (χ3n) is 2.37. The van der Waals surface area contributed by atoms with Crippen LogP contribution in [0, 0.1) is 0 Å². The summed E-state index contributed by atoms with van der Waals surface area (Å²) in [6.45, 7) is 0.282. The number of benzene rings is 1. The van der Waals surface area contributed by atoms with Crippen LogP contribution in [0.3, 0.4) is 0 Å². The van der Waals surface area contributed by atoms with Gasteiger partial charge in [0.1, 0.15) is 5.76 Å². The van der Waals surface area contributed by atoms with Crippen molar-refractivity contribution in [1.29, 1.82) is 0 Å². The fourth-order valence-corrected chi connectivity index (χ4v) is 2.05. The Bertz CT molecular complexity index is 583. The standard InChI is InChI=1S/C12H8BrClF3NO/c13-11-4-2-8(19-11)6-18-7-1-3-10(14)9(5-7)12(15,16)17/h1-5,18H,6H2. The van der Waals surface area contributed by atoms with E-state index in [-0.39, 0.29) is 11.6 Å². The molecule has 0 bridgehead atoms. The monoisotopic (exact) mass is 353 g/mol. The number of hydrogen-bond acceptors (Lipinski definition) is 2. The first kappa shape index (κ1) is 14.3. The quantitative estimate of drug-likeness (QED) is 0.806. The minimum Gasteiger partial charge on any atom is -0.452 e. The molecule has 2 rings (SSSR count). The zero-order valence-electron chi connectivity index (χ0n) is 9.39. The van der Waals surface area contributed by atoms with Crippen LogP contribution in [0.4, 0.5) is 18.9 Å². The van der Waals surface area contributed by atoms with E-state index in [0.717, 1.165) is 6.07 Å². The lowest BCUT2D eigenvalue weighted by molar-refractivity contribution is -0.137. The average molecular weight is 355 g/mol. The molecular formula is C12H8BrClF3NO. The molecule has 1 aromatic carbocycles. The Morgan fingerprint density at radius 2 is 1.95 bits per heavy atom. The molecule has 0 fully saturated rings. The maximum absolute atomic E-state index is 12.7. The summed E-state index contributed by atoms with van der Waals surface area (Å²) < 4.78 is 43.8. The molecule has 0 spiro atoms. The summed E-state index contributed by atoms with van der Waals surface area (Å²) in [4.78, 5) is 0. The Kier molecular flexibility index (Phi) is 4.10. The fourth-order valence-electron chi connectivity index (χ4n) is 1.49. The molecule has 0 amide bonds. The second-order valence-electron chi connectivity index (χ2n) is 3.75. The Morgan fingerprint density at radius 1 is 1.21 bits per heavy atom. The lowest BCUT2D eigenvalue weighted by atomic mass is 10.2.